The second-order valence-electron chi connectivity index (χ2n) is 4.39. The van der Waals surface area contributed by atoms with E-state index in [2.05, 4.69) is 6.58 Å². The van der Waals surface area contributed by atoms with Crippen LogP contribution in [0, 0.1) is 4.91 Å². The van der Waals surface area contributed by atoms with Crippen LogP contribution in [0.25, 0.3) is 6.08 Å². The quantitative estimate of drug-likeness (QED) is 0.793. The van der Waals surface area contributed by atoms with Crippen LogP contribution < -0.4 is 9.91 Å². The highest BCUT2D eigenvalue weighted by Gasteiger charge is 2.31. The van der Waals surface area contributed by atoms with Crippen molar-refractivity contribution in [1.82, 2.24) is 0 Å². The third-order valence-corrected chi connectivity index (χ3v) is 2.56. The Kier molecular flexibility index (Phi) is 2.11. The van der Waals surface area contributed by atoms with Crippen molar-refractivity contribution >= 4 is 11.8 Å². The molecule has 0 atom stereocenters. The fraction of sp³-hybridized carbons (Fsp3) is 0.333. The summed E-state index contributed by atoms with van der Waals surface area (Å²) in [4.78, 5) is 10.7. The monoisotopic (exact) mass is 204 g/mol. The van der Waals surface area contributed by atoms with Crippen molar-refractivity contribution in [1.29, 1.82) is 0 Å². The van der Waals surface area contributed by atoms with Gasteiger partial charge in [-0.3, -0.25) is 0 Å². The molecular weight excluding hydrogens is 190 g/mol. The number of nitroso groups, excluding NO2 is 1. The summed E-state index contributed by atoms with van der Waals surface area (Å²) in [5.41, 5.74) is 2.23. The maximum absolute atomic E-state index is 10.7. The lowest BCUT2D eigenvalue weighted by Gasteiger charge is -2.16. The van der Waals surface area contributed by atoms with E-state index in [-0.39, 0.29) is 5.60 Å². The van der Waals surface area contributed by atoms with E-state index >= 15 is 0 Å². The Balaban J connectivity index is 2.53. The molecule has 3 heteroatoms. The van der Waals surface area contributed by atoms with E-state index in [0.29, 0.717) is 5.69 Å². The lowest BCUT2D eigenvalue weighted by Crippen LogP contribution is -2.56. The highest BCUT2D eigenvalue weighted by atomic mass is 16.5. The SMILES string of the molecule is C=Cc1cc2c(cc1[NH+]=O)CC(C)(C)O2. The smallest absolute Gasteiger partial charge is 0.261 e. The van der Waals surface area contributed by atoms with Gasteiger partial charge in [-0.15, -0.1) is 0 Å². The minimum Gasteiger partial charge on any atom is -0.487 e. The van der Waals surface area contributed by atoms with E-state index in [9.17, 15) is 4.91 Å². The van der Waals surface area contributed by atoms with Crippen molar-refractivity contribution in [3.05, 3.63) is 34.7 Å². The van der Waals surface area contributed by atoms with Crippen molar-refractivity contribution in [2.24, 2.45) is 0 Å². The molecule has 1 heterocycles. The minimum atomic E-state index is -0.178. The number of ether oxygens (including phenoxy) is 1. The largest absolute Gasteiger partial charge is 0.487 e. The van der Waals surface area contributed by atoms with Crippen LogP contribution in [0.4, 0.5) is 5.69 Å². The molecule has 0 aromatic heterocycles. The molecule has 1 N–H and O–H groups in total. The Morgan fingerprint density at radius 2 is 2.27 bits per heavy atom. The maximum atomic E-state index is 10.7. The van der Waals surface area contributed by atoms with Crippen LogP contribution in [-0.2, 0) is 6.42 Å². The maximum Gasteiger partial charge on any atom is 0.261 e. The number of rotatable bonds is 2. The topological polar surface area (TPSA) is 40.3 Å². The zero-order valence-corrected chi connectivity index (χ0v) is 8.96. The molecule has 0 saturated heterocycles. The van der Waals surface area contributed by atoms with Crippen LogP contribution in [0.1, 0.15) is 25.0 Å². The minimum absolute atomic E-state index is 0.178. The van der Waals surface area contributed by atoms with Gasteiger partial charge in [0.1, 0.15) is 11.4 Å². The summed E-state index contributed by atoms with van der Waals surface area (Å²) in [7, 11) is 0. The Morgan fingerprint density at radius 3 is 2.87 bits per heavy atom. The van der Waals surface area contributed by atoms with Crippen LogP contribution in [-0.4, -0.2) is 5.60 Å². The summed E-state index contributed by atoms with van der Waals surface area (Å²) in [5.74, 6) is 0.855. The second-order valence-corrected chi connectivity index (χ2v) is 4.39. The van der Waals surface area contributed by atoms with Crippen LogP contribution in [0.2, 0.25) is 0 Å². The average Bonchev–Trinajstić information content (AvgIpc) is 2.48. The van der Waals surface area contributed by atoms with E-state index in [4.69, 9.17) is 4.74 Å². The number of hydrogen-bond donors (Lipinski definition) is 1. The molecule has 2 rings (SSSR count). The third kappa shape index (κ3) is 1.65. The van der Waals surface area contributed by atoms with E-state index < -0.39 is 0 Å². The van der Waals surface area contributed by atoms with E-state index in [1.165, 1.54) is 0 Å². The van der Waals surface area contributed by atoms with Crippen LogP contribution in [0.15, 0.2) is 18.7 Å². The van der Waals surface area contributed by atoms with Gasteiger partial charge in [-0.25, -0.2) is 0 Å². The van der Waals surface area contributed by atoms with Gasteiger partial charge in [0.2, 0.25) is 0 Å². The summed E-state index contributed by atoms with van der Waals surface area (Å²) < 4.78 is 5.76. The Labute approximate surface area is 88.7 Å². The molecule has 0 saturated carbocycles. The molecule has 1 aromatic carbocycles. The standard InChI is InChI=1S/C12H13NO2/c1-4-8-6-11-9(5-10(8)13-14)7-12(2,3)15-11/h4-6H,1,7H2,2-3H3/p+1. The zero-order chi connectivity index (χ0) is 11.1. The van der Waals surface area contributed by atoms with E-state index in [0.717, 1.165) is 23.3 Å². The Bertz CT molecular complexity index is 396. The molecule has 15 heavy (non-hydrogen) atoms. The molecule has 1 aromatic rings. The van der Waals surface area contributed by atoms with Gasteiger partial charge < -0.3 is 4.74 Å². The number of benzene rings is 1. The van der Waals surface area contributed by atoms with E-state index in [1.807, 2.05) is 31.2 Å². The van der Waals surface area contributed by atoms with Gasteiger partial charge in [-0.1, -0.05) is 12.7 Å². The fourth-order valence-electron chi connectivity index (χ4n) is 1.92. The van der Waals surface area contributed by atoms with Gasteiger partial charge in [0.15, 0.2) is 0 Å². The van der Waals surface area contributed by atoms with Gasteiger partial charge in [0.25, 0.3) is 5.69 Å². The molecule has 78 valence electrons. The average molecular weight is 204 g/mol. The van der Waals surface area contributed by atoms with Crippen LogP contribution in [0.5, 0.6) is 5.75 Å². The summed E-state index contributed by atoms with van der Waals surface area (Å²) in [5, 5.41) is 1.93. The van der Waals surface area contributed by atoms with Gasteiger partial charge in [0.05, 0.1) is 5.56 Å². The van der Waals surface area contributed by atoms with Crippen LogP contribution in [0.3, 0.4) is 0 Å². The summed E-state index contributed by atoms with van der Waals surface area (Å²) in [6.07, 6.45) is 2.48. The highest BCUT2D eigenvalue weighted by Crippen LogP contribution is 2.37. The molecule has 0 unspecified atom stereocenters. The van der Waals surface area contributed by atoms with Crippen molar-refractivity contribution in [3.63, 3.8) is 0 Å². The Hall–Kier alpha value is -1.64. The van der Waals surface area contributed by atoms with Crippen molar-refractivity contribution < 1.29 is 9.91 Å². The molecule has 3 nitrogen and oxygen atoms in total. The van der Waals surface area contributed by atoms with Gasteiger partial charge in [-0.05, 0) is 19.9 Å². The molecule has 1 aliphatic rings. The van der Waals surface area contributed by atoms with Gasteiger partial charge in [-0.2, -0.15) is 0 Å². The lowest BCUT2D eigenvalue weighted by molar-refractivity contribution is -0.379. The first-order valence-electron chi connectivity index (χ1n) is 4.92. The highest BCUT2D eigenvalue weighted by molar-refractivity contribution is 5.64. The second kappa shape index (κ2) is 3.19. The first kappa shape index (κ1) is 9.90. The summed E-state index contributed by atoms with van der Waals surface area (Å²) >= 11 is 0. The zero-order valence-electron chi connectivity index (χ0n) is 8.96. The molecular formula is C12H14NO2+. The molecule has 1 aliphatic heterocycles. The fourth-order valence-corrected chi connectivity index (χ4v) is 1.92. The first-order valence-corrected chi connectivity index (χ1v) is 4.92. The predicted octanol–water partition coefficient (Wildman–Crippen LogP) is 1.52. The normalized spacial score (nSPS) is 16.7. The Morgan fingerprint density at radius 1 is 1.53 bits per heavy atom. The number of nitrogens with one attached hydrogen (secondary N) is 1. The molecule has 0 radical (unpaired) electrons. The predicted molar refractivity (Wildman–Crippen MR) is 58.9 cm³/mol. The molecule has 0 fully saturated rings. The summed E-state index contributed by atoms with van der Waals surface area (Å²) in [6.45, 7) is 7.73. The van der Waals surface area contributed by atoms with E-state index in [1.54, 1.807) is 6.08 Å². The third-order valence-electron chi connectivity index (χ3n) is 2.56. The van der Waals surface area contributed by atoms with Crippen LogP contribution >= 0.6 is 0 Å². The first-order chi connectivity index (χ1) is 7.05. The number of hydrogen-bond acceptors (Lipinski definition) is 2. The van der Waals surface area contributed by atoms with Crippen molar-refractivity contribution in [2.75, 3.05) is 0 Å². The van der Waals surface area contributed by atoms with Gasteiger partial charge >= 0.3 is 0 Å². The molecule has 0 amide bonds. The summed E-state index contributed by atoms with van der Waals surface area (Å²) in [6, 6.07) is 3.70. The number of fused-ring (bicyclic) bond motifs is 1. The van der Waals surface area contributed by atoms with Crippen molar-refractivity contribution in [3.8, 4) is 5.75 Å². The lowest BCUT2D eigenvalue weighted by atomic mass is 10.00. The molecule has 0 bridgehead atoms. The van der Waals surface area contributed by atoms with Crippen molar-refractivity contribution in [2.45, 2.75) is 25.9 Å². The molecule has 0 spiro atoms. The molecule has 0 aliphatic carbocycles. The van der Waals surface area contributed by atoms with Gasteiger partial charge in [0, 0.05) is 28.1 Å².